The number of carbonyl (C=O) groups is 2. The van der Waals surface area contributed by atoms with E-state index >= 15 is 0 Å². The Kier molecular flexibility index (Phi) is 7.47. The van der Waals surface area contributed by atoms with Crippen LogP contribution < -0.4 is 15.4 Å². The fraction of sp³-hybridized carbons (Fsp3) is 0.263. The van der Waals surface area contributed by atoms with Crippen molar-refractivity contribution in [3.63, 3.8) is 0 Å². The molecule has 0 radical (unpaired) electrons. The maximum absolute atomic E-state index is 13.5. The fourth-order valence-electron chi connectivity index (χ4n) is 2.16. The Labute approximate surface area is 156 Å². The van der Waals surface area contributed by atoms with Crippen molar-refractivity contribution < 1.29 is 18.7 Å². The summed E-state index contributed by atoms with van der Waals surface area (Å²) in [6.45, 7) is 2.30. The molecule has 0 aliphatic heterocycles. The van der Waals surface area contributed by atoms with Gasteiger partial charge in [0.05, 0.1) is 17.9 Å². The van der Waals surface area contributed by atoms with E-state index in [1.165, 1.54) is 30.0 Å². The number of ether oxygens (including phenoxy) is 1. The van der Waals surface area contributed by atoms with Gasteiger partial charge in [-0.25, -0.2) is 4.39 Å². The minimum absolute atomic E-state index is 0.0118. The van der Waals surface area contributed by atoms with Gasteiger partial charge >= 0.3 is 0 Å². The van der Waals surface area contributed by atoms with E-state index in [-0.39, 0.29) is 29.8 Å². The largest absolute Gasteiger partial charge is 0.497 e. The SMILES string of the molecule is COc1ccc(SC(C)C(=O)NCCNC(=O)c2ccccc2F)cc1. The monoisotopic (exact) mass is 376 g/mol. The van der Waals surface area contributed by atoms with Gasteiger partial charge in [0.2, 0.25) is 5.91 Å². The van der Waals surface area contributed by atoms with Crippen molar-refractivity contribution in [3.05, 3.63) is 59.9 Å². The first-order valence-electron chi connectivity index (χ1n) is 8.12. The molecule has 2 rings (SSSR count). The van der Waals surface area contributed by atoms with Crippen LogP contribution in [0.15, 0.2) is 53.4 Å². The lowest BCUT2D eigenvalue weighted by atomic mass is 10.2. The molecule has 0 saturated carbocycles. The summed E-state index contributed by atoms with van der Waals surface area (Å²) in [7, 11) is 1.60. The molecule has 26 heavy (non-hydrogen) atoms. The highest BCUT2D eigenvalue weighted by Gasteiger charge is 2.14. The van der Waals surface area contributed by atoms with Crippen LogP contribution >= 0.6 is 11.8 Å². The average molecular weight is 376 g/mol. The molecule has 2 aromatic rings. The van der Waals surface area contributed by atoms with E-state index in [1.54, 1.807) is 13.2 Å². The van der Waals surface area contributed by atoms with Gasteiger partial charge in [0.1, 0.15) is 11.6 Å². The standard InChI is InChI=1S/C19H21FN2O3S/c1-13(26-15-9-7-14(25-2)8-10-15)18(23)21-11-12-22-19(24)16-5-3-4-6-17(16)20/h3-10,13H,11-12H2,1-2H3,(H,21,23)(H,22,24). The third-order valence-corrected chi connectivity index (χ3v) is 4.68. The number of amides is 2. The number of methoxy groups -OCH3 is 1. The lowest BCUT2D eigenvalue weighted by Crippen LogP contribution is -2.38. The molecule has 0 spiro atoms. The van der Waals surface area contributed by atoms with Gasteiger partial charge in [-0.05, 0) is 43.3 Å². The zero-order chi connectivity index (χ0) is 18.9. The van der Waals surface area contributed by atoms with E-state index in [1.807, 2.05) is 31.2 Å². The molecule has 1 atom stereocenters. The van der Waals surface area contributed by atoms with Crippen molar-refractivity contribution in [1.29, 1.82) is 0 Å². The number of thioether (sulfide) groups is 1. The molecule has 2 N–H and O–H groups in total. The van der Waals surface area contributed by atoms with E-state index < -0.39 is 11.7 Å². The van der Waals surface area contributed by atoms with Crippen molar-refractivity contribution in [2.75, 3.05) is 20.2 Å². The lowest BCUT2D eigenvalue weighted by Gasteiger charge is -2.13. The van der Waals surface area contributed by atoms with Crippen molar-refractivity contribution >= 4 is 23.6 Å². The van der Waals surface area contributed by atoms with E-state index in [0.717, 1.165) is 10.6 Å². The summed E-state index contributed by atoms with van der Waals surface area (Å²) in [5, 5.41) is 5.05. The summed E-state index contributed by atoms with van der Waals surface area (Å²) in [5.74, 6) is -0.445. The topological polar surface area (TPSA) is 67.4 Å². The molecular weight excluding hydrogens is 355 g/mol. The van der Waals surface area contributed by atoms with Gasteiger partial charge in [0.15, 0.2) is 0 Å². The van der Waals surface area contributed by atoms with Crippen LogP contribution in [0.1, 0.15) is 17.3 Å². The highest BCUT2D eigenvalue weighted by atomic mass is 32.2. The summed E-state index contributed by atoms with van der Waals surface area (Å²) < 4.78 is 18.6. The van der Waals surface area contributed by atoms with E-state index in [2.05, 4.69) is 10.6 Å². The summed E-state index contributed by atoms with van der Waals surface area (Å²) in [5.41, 5.74) is -0.0118. The van der Waals surface area contributed by atoms with Crippen LogP contribution in [0, 0.1) is 5.82 Å². The van der Waals surface area contributed by atoms with Crippen molar-refractivity contribution in [3.8, 4) is 5.75 Å². The Hall–Kier alpha value is -2.54. The highest BCUT2D eigenvalue weighted by Crippen LogP contribution is 2.25. The van der Waals surface area contributed by atoms with E-state index in [4.69, 9.17) is 4.74 Å². The zero-order valence-electron chi connectivity index (χ0n) is 14.6. The second kappa shape index (κ2) is 9.82. The van der Waals surface area contributed by atoms with Gasteiger partial charge in [0.25, 0.3) is 5.91 Å². The van der Waals surface area contributed by atoms with Gasteiger partial charge in [0, 0.05) is 18.0 Å². The maximum Gasteiger partial charge on any atom is 0.254 e. The van der Waals surface area contributed by atoms with Crippen LogP contribution in [0.2, 0.25) is 0 Å². The van der Waals surface area contributed by atoms with E-state index in [9.17, 15) is 14.0 Å². The second-order valence-corrected chi connectivity index (χ2v) is 6.88. The van der Waals surface area contributed by atoms with Crippen LogP contribution in [-0.4, -0.2) is 37.3 Å². The average Bonchev–Trinajstić information content (AvgIpc) is 2.65. The molecule has 0 aliphatic rings. The molecule has 0 bridgehead atoms. The van der Waals surface area contributed by atoms with Crippen molar-refractivity contribution in [2.45, 2.75) is 17.1 Å². The summed E-state index contributed by atoms with van der Waals surface area (Å²) in [4.78, 5) is 24.9. The third-order valence-electron chi connectivity index (χ3n) is 3.57. The number of nitrogens with one attached hydrogen (secondary N) is 2. The van der Waals surface area contributed by atoms with Gasteiger partial charge in [-0.3, -0.25) is 9.59 Å². The van der Waals surface area contributed by atoms with Crippen LogP contribution in [0.5, 0.6) is 5.75 Å². The molecule has 0 saturated heterocycles. The molecular formula is C19H21FN2O3S. The number of hydrogen-bond donors (Lipinski definition) is 2. The Morgan fingerprint density at radius 2 is 1.73 bits per heavy atom. The van der Waals surface area contributed by atoms with E-state index in [0.29, 0.717) is 0 Å². The van der Waals surface area contributed by atoms with Crippen molar-refractivity contribution in [1.82, 2.24) is 10.6 Å². The molecule has 2 amide bonds. The first-order chi connectivity index (χ1) is 12.5. The maximum atomic E-state index is 13.5. The molecule has 5 nitrogen and oxygen atoms in total. The summed E-state index contributed by atoms with van der Waals surface area (Å²) in [6, 6.07) is 13.2. The molecule has 2 aromatic carbocycles. The summed E-state index contributed by atoms with van der Waals surface area (Å²) in [6.07, 6.45) is 0. The fourth-order valence-corrected chi connectivity index (χ4v) is 3.05. The molecule has 0 heterocycles. The lowest BCUT2D eigenvalue weighted by molar-refractivity contribution is -0.120. The van der Waals surface area contributed by atoms with Gasteiger partial charge in [-0.15, -0.1) is 11.8 Å². The second-order valence-electron chi connectivity index (χ2n) is 5.46. The smallest absolute Gasteiger partial charge is 0.254 e. The number of rotatable bonds is 8. The highest BCUT2D eigenvalue weighted by molar-refractivity contribution is 8.00. The molecule has 0 aromatic heterocycles. The predicted octanol–water partition coefficient (Wildman–Crippen LogP) is 2.86. The number of benzene rings is 2. The first-order valence-corrected chi connectivity index (χ1v) is 9.00. The normalized spacial score (nSPS) is 11.5. The van der Waals surface area contributed by atoms with Gasteiger partial charge < -0.3 is 15.4 Å². The Balaban J connectivity index is 1.72. The quantitative estimate of drug-likeness (QED) is 0.549. The molecule has 0 aliphatic carbocycles. The summed E-state index contributed by atoms with van der Waals surface area (Å²) >= 11 is 1.43. The Morgan fingerprint density at radius 1 is 1.08 bits per heavy atom. The first kappa shape index (κ1) is 19.8. The predicted molar refractivity (Wildman–Crippen MR) is 100 cm³/mol. The Bertz CT molecular complexity index is 753. The minimum Gasteiger partial charge on any atom is -0.497 e. The van der Waals surface area contributed by atoms with Crippen LogP contribution in [0.25, 0.3) is 0 Å². The van der Waals surface area contributed by atoms with Crippen LogP contribution in [-0.2, 0) is 4.79 Å². The number of carbonyl (C=O) groups excluding carboxylic acids is 2. The molecule has 7 heteroatoms. The number of halogens is 1. The third kappa shape index (κ3) is 5.77. The molecule has 1 unspecified atom stereocenters. The zero-order valence-corrected chi connectivity index (χ0v) is 15.4. The molecule has 0 fully saturated rings. The Morgan fingerprint density at radius 3 is 2.38 bits per heavy atom. The van der Waals surface area contributed by atoms with Crippen LogP contribution in [0.3, 0.4) is 0 Å². The molecule has 138 valence electrons. The van der Waals surface area contributed by atoms with Crippen LogP contribution in [0.4, 0.5) is 4.39 Å². The van der Waals surface area contributed by atoms with Gasteiger partial charge in [-0.2, -0.15) is 0 Å². The van der Waals surface area contributed by atoms with Crippen molar-refractivity contribution in [2.24, 2.45) is 0 Å². The minimum atomic E-state index is -0.571. The number of hydrogen-bond acceptors (Lipinski definition) is 4. The van der Waals surface area contributed by atoms with Gasteiger partial charge in [-0.1, -0.05) is 12.1 Å².